The van der Waals surface area contributed by atoms with Crippen molar-refractivity contribution in [3.05, 3.63) is 68.7 Å². The molecule has 31 heavy (non-hydrogen) atoms. The monoisotopic (exact) mass is 459 g/mol. The Bertz CT molecular complexity index is 1070. The van der Waals surface area contributed by atoms with E-state index in [2.05, 4.69) is 0 Å². The number of ether oxygens (including phenoxy) is 1. The molecule has 1 saturated heterocycles. The molecular formula is C24H23Cl2NO4. The predicted molar refractivity (Wildman–Crippen MR) is 121 cm³/mol. The van der Waals surface area contributed by atoms with Gasteiger partial charge in [0.15, 0.2) is 5.75 Å². The number of ketones is 1. The van der Waals surface area contributed by atoms with Crippen molar-refractivity contribution in [1.29, 1.82) is 0 Å². The minimum Gasteiger partial charge on any atom is -0.507 e. The first-order valence-corrected chi connectivity index (χ1v) is 11.0. The van der Waals surface area contributed by atoms with Gasteiger partial charge in [-0.3, -0.25) is 9.59 Å². The molecule has 5 nitrogen and oxygen atoms in total. The summed E-state index contributed by atoms with van der Waals surface area (Å²) < 4.78 is 5.17. The molecule has 1 N–H and O–H groups in total. The highest BCUT2D eigenvalue weighted by Crippen LogP contribution is 2.44. The molecule has 0 aromatic heterocycles. The number of aryl methyl sites for hydroxylation is 1. The number of benzene rings is 2. The van der Waals surface area contributed by atoms with Crippen LogP contribution in [0.15, 0.2) is 42.0 Å². The zero-order valence-electron chi connectivity index (χ0n) is 17.3. The van der Waals surface area contributed by atoms with Crippen molar-refractivity contribution in [2.45, 2.75) is 44.7 Å². The highest BCUT2D eigenvalue weighted by Gasteiger charge is 2.49. The summed E-state index contributed by atoms with van der Waals surface area (Å²) >= 11 is 12.5. The molecular weight excluding hydrogens is 437 g/mol. The molecule has 1 atom stereocenters. The van der Waals surface area contributed by atoms with E-state index in [9.17, 15) is 14.7 Å². The highest BCUT2D eigenvalue weighted by atomic mass is 35.5. The first-order valence-electron chi connectivity index (χ1n) is 10.2. The normalized spacial score (nSPS) is 21.2. The number of halogens is 2. The van der Waals surface area contributed by atoms with Gasteiger partial charge in [-0.15, -0.1) is 0 Å². The maximum absolute atomic E-state index is 13.1. The van der Waals surface area contributed by atoms with Crippen molar-refractivity contribution in [2.24, 2.45) is 0 Å². The van der Waals surface area contributed by atoms with Crippen LogP contribution in [0.2, 0.25) is 10.0 Å². The van der Waals surface area contributed by atoms with Crippen LogP contribution in [0.3, 0.4) is 0 Å². The lowest BCUT2D eigenvalue weighted by Gasteiger charge is -2.31. The van der Waals surface area contributed by atoms with Crippen LogP contribution < -0.4 is 4.74 Å². The fourth-order valence-corrected chi connectivity index (χ4v) is 5.27. The number of carbonyl (C=O) groups excluding carboxylic acids is 2. The van der Waals surface area contributed by atoms with Crippen LogP contribution in [-0.4, -0.2) is 34.8 Å². The zero-order chi connectivity index (χ0) is 22.3. The van der Waals surface area contributed by atoms with Gasteiger partial charge in [0.1, 0.15) is 5.76 Å². The second-order valence-electron chi connectivity index (χ2n) is 8.03. The fourth-order valence-electron chi connectivity index (χ4n) is 4.62. The Hall–Kier alpha value is -2.50. The van der Waals surface area contributed by atoms with Crippen LogP contribution in [-0.2, 0) is 9.59 Å². The Kier molecular flexibility index (Phi) is 6.00. The van der Waals surface area contributed by atoms with Gasteiger partial charge in [0.2, 0.25) is 0 Å². The van der Waals surface area contributed by atoms with Crippen LogP contribution in [0.1, 0.15) is 48.4 Å². The van der Waals surface area contributed by atoms with E-state index in [0.717, 1.165) is 36.8 Å². The average molecular weight is 460 g/mol. The number of aliphatic hydroxyl groups excluding tert-OH is 1. The number of methoxy groups -OCH3 is 1. The molecule has 2 aliphatic rings. The van der Waals surface area contributed by atoms with Gasteiger partial charge in [0.05, 0.1) is 28.8 Å². The number of amides is 1. The summed E-state index contributed by atoms with van der Waals surface area (Å²) in [7, 11) is 1.44. The van der Waals surface area contributed by atoms with Crippen LogP contribution in [0.5, 0.6) is 5.75 Å². The molecule has 2 aromatic rings. The van der Waals surface area contributed by atoms with Crippen molar-refractivity contribution < 1.29 is 19.4 Å². The van der Waals surface area contributed by atoms with Crippen molar-refractivity contribution in [3.8, 4) is 5.75 Å². The number of Topliss-reactive ketones (excluding diaryl/α,β-unsaturated/α-hetero) is 1. The summed E-state index contributed by atoms with van der Waals surface area (Å²) in [6, 6.07) is 9.94. The summed E-state index contributed by atoms with van der Waals surface area (Å²) in [5.74, 6) is -1.29. The summed E-state index contributed by atoms with van der Waals surface area (Å²) in [6.07, 6.45) is 3.71. The van der Waals surface area contributed by atoms with E-state index in [1.165, 1.54) is 19.2 Å². The maximum Gasteiger partial charge on any atom is 0.295 e. The minimum atomic E-state index is -0.695. The Morgan fingerprint density at radius 1 is 1.10 bits per heavy atom. The number of nitrogens with zero attached hydrogens (tertiary/aromatic N) is 1. The van der Waals surface area contributed by atoms with E-state index in [1.807, 2.05) is 31.2 Å². The summed E-state index contributed by atoms with van der Waals surface area (Å²) in [5.41, 5.74) is 2.11. The maximum atomic E-state index is 13.1. The van der Waals surface area contributed by atoms with Crippen LogP contribution in [0, 0.1) is 6.92 Å². The summed E-state index contributed by atoms with van der Waals surface area (Å²) in [5, 5.41) is 11.6. The number of hydrogen-bond donors (Lipinski definition) is 1. The fraction of sp³-hybridized carbons (Fsp3) is 0.333. The quantitative estimate of drug-likeness (QED) is 0.363. The van der Waals surface area contributed by atoms with Crippen LogP contribution in [0.25, 0.3) is 5.76 Å². The van der Waals surface area contributed by atoms with Crippen LogP contribution >= 0.6 is 23.2 Å². The molecule has 2 fully saturated rings. The summed E-state index contributed by atoms with van der Waals surface area (Å²) in [4.78, 5) is 27.9. The Labute approximate surface area is 191 Å². The second kappa shape index (κ2) is 8.56. The van der Waals surface area contributed by atoms with E-state index in [4.69, 9.17) is 27.9 Å². The smallest absolute Gasteiger partial charge is 0.295 e. The lowest BCUT2D eigenvalue weighted by Crippen LogP contribution is -2.37. The molecule has 0 bridgehead atoms. The third-order valence-electron chi connectivity index (χ3n) is 6.03. The number of rotatable bonds is 4. The molecule has 0 spiro atoms. The van der Waals surface area contributed by atoms with Gasteiger partial charge >= 0.3 is 0 Å². The molecule has 1 aliphatic carbocycles. The highest BCUT2D eigenvalue weighted by molar-refractivity contribution is 6.47. The van der Waals surface area contributed by atoms with Crippen molar-refractivity contribution in [3.63, 3.8) is 0 Å². The average Bonchev–Trinajstić information content (AvgIpc) is 3.34. The molecule has 4 rings (SSSR count). The van der Waals surface area contributed by atoms with E-state index < -0.39 is 17.7 Å². The van der Waals surface area contributed by atoms with E-state index in [0.29, 0.717) is 0 Å². The first-order chi connectivity index (χ1) is 14.8. The molecule has 1 heterocycles. The molecule has 2 aromatic carbocycles. The Morgan fingerprint density at radius 2 is 1.74 bits per heavy atom. The van der Waals surface area contributed by atoms with Gasteiger partial charge in [0.25, 0.3) is 11.7 Å². The van der Waals surface area contributed by atoms with Crippen molar-refractivity contribution in [2.75, 3.05) is 7.11 Å². The van der Waals surface area contributed by atoms with E-state index in [1.54, 1.807) is 4.90 Å². The Balaban J connectivity index is 1.91. The lowest BCUT2D eigenvalue weighted by atomic mass is 9.93. The predicted octanol–water partition coefficient (Wildman–Crippen LogP) is 5.67. The topological polar surface area (TPSA) is 66.8 Å². The standard InChI is InChI=1S/C24H23Cl2NO4/c1-13-6-5-7-14(10-13)20-19(22(29)24(30)27(20)16-8-3-4-9-16)21(28)15-11-17(25)23(31-2)18(26)12-15/h5-7,10-12,16,20,28H,3-4,8-9H2,1-2H3/b21-19+. The minimum absolute atomic E-state index is 0.0321. The number of likely N-dealkylation sites (tertiary alicyclic amines) is 1. The van der Waals surface area contributed by atoms with Gasteiger partial charge < -0.3 is 14.7 Å². The largest absolute Gasteiger partial charge is 0.507 e. The number of carbonyl (C=O) groups is 2. The SMILES string of the molecule is COc1c(Cl)cc(/C(O)=C2\C(=O)C(=O)N(C3CCCC3)C2c2cccc(C)c2)cc1Cl. The first kappa shape index (κ1) is 21.7. The molecule has 162 valence electrons. The lowest BCUT2D eigenvalue weighted by molar-refractivity contribution is -0.141. The van der Waals surface area contributed by atoms with Gasteiger partial charge in [-0.05, 0) is 37.5 Å². The van der Waals surface area contributed by atoms with E-state index >= 15 is 0 Å². The zero-order valence-corrected chi connectivity index (χ0v) is 18.8. The van der Waals surface area contributed by atoms with E-state index in [-0.39, 0.29) is 38.7 Å². The molecule has 1 saturated carbocycles. The number of hydrogen-bond acceptors (Lipinski definition) is 4. The molecule has 1 amide bonds. The molecule has 1 unspecified atom stereocenters. The van der Waals surface area contributed by atoms with Crippen molar-refractivity contribution in [1.82, 2.24) is 4.90 Å². The molecule has 0 radical (unpaired) electrons. The van der Waals surface area contributed by atoms with Crippen molar-refractivity contribution >= 4 is 40.7 Å². The molecule has 1 aliphatic heterocycles. The molecule has 7 heteroatoms. The van der Waals surface area contributed by atoms with Gasteiger partial charge in [-0.25, -0.2) is 0 Å². The Morgan fingerprint density at radius 3 is 2.32 bits per heavy atom. The van der Waals surface area contributed by atoms with Gasteiger partial charge in [0, 0.05) is 11.6 Å². The summed E-state index contributed by atoms with van der Waals surface area (Å²) in [6.45, 7) is 1.95. The van der Waals surface area contributed by atoms with Gasteiger partial charge in [-0.1, -0.05) is 65.9 Å². The second-order valence-corrected chi connectivity index (χ2v) is 8.85. The third-order valence-corrected chi connectivity index (χ3v) is 6.59. The third kappa shape index (κ3) is 3.81. The van der Waals surface area contributed by atoms with Gasteiger partial charge in [-0.2, -0.15) is 0 Å². The van der Waals surface area contributed by atoms with Crippen LogP contribution in [0.4, 0.5) is 0 Å². The number of aliphatic hydroxyl groups is 1.